The molecule has 2 rings (SSSR count). The number of aryl methyl sites for hydroxylation is 2. The average molecular weight is 351 g/mol. The molecule has 1 atom stereocenters. The van der Waals surface area contributed by atoms with E-state index in [2.05, 4.69) is 4.98 Å². The van der Waals surface area contributed by atoms with Crippen molar-refractivity contribution in [3.8, 4) is 0 Å². The van der Waals surface area contributed by atoms with Crippen LogP contribution in [0.25, 0.3) is 11.0 Å². The summed E-state index contributed by atoms with van der Waals surface area (Å²) in [6, 6.07) is 5.06. The van der Waals surface area contributed by atoms with Crippen molar-refractivity contribution in [2.45, 2.75) is 33.7 Å². The molecule has 0 N–H and O–H groups in total. The van der Waals surface area contributed by atoms with Gasteiger partial charge in [0.1, 0.15) is 5.82 Å². The Morgan fingerprint density at radius 3 is 2.58 bits per heavy atom. The second kappa shape index (κ2) is 6.93. The maximum absolute atomic E-state index is 12.8. The normalized spacial score (nSPS) is 13.2. The minimum Gasteiger partial charge on any atom is -0.335 e. The first kappa shape index (κ1) is 18.4. The first-order valence-electron chi connectivity index (χ1n) is 8.14. The van der Waals surface area contributed by atoms with Crippen LogP contribution in [-0.2, 0) is 16.9 Å². The molecule has 6 nitrogen and oxygen atoms in total. The van der Waals surface area contributed by atoms with Gasteiger partial charge >= 0.3 is 0 Å². The molecule has 0 aliphatic heterocycles. The topological polar surface area (TPSA) is 72.3 Å². The molecule has 1 aromatic carbocycles. The van der Waals surface area contributed by atoms with Crippen LogP contribution in [0.15, 0.2) is 18.2 Å². The van der Waals surface area contributed by atoms with Gasteiger partial charge < -0.3 is 9.47 Å². The molecule has 1 amide bonds. The number of hydrogen-bond donors (Lipinski definition) is 0. The lowest BCUT2D eigenvalue weighted by molar-refractivity contribution is 0.0719. The van der Waals surface area contributed by atoms with E-state index in [1.807, 2.05) is 31.5 Å². The molecule has 0 saturated carbocycles. The minimum absolute atomic E-state index is 0.0198. The van der Waals surface area contributed by atoms with Gasteiger partial charge in [0.05, 0.1) is 16.8 Å². The minimum atomic E-state index is -3.14. The number of imidazole rings is 1. The van der Waals surface area contributed by atoms with Gasteiger partial charge in [-0.15, -0.1) is 0 Å². The smallest absolute Gasteiger partial charge is 0.254 e. The number of amides is 1. The molecule has 0 bridgehead atoms. The van der Waals surface area contributed by atoms with E-state index in [1.165, 1.54) is 0 Å². The van der Waals surface area contributed by atoms with Gasteiger partial charge in [-0.2, -0.15) is 0 Å². The summed E-state index contributed by atoms with van der Waals surface area (Å²) in [7, 11) is -1.20. The number of hydrogen-bond acceptors (Lipinski definition) is 4. The summed E-state index contributed by atoms with van der Waals surface area (Å²) in [6.07, 6.45) is 0. The monoisotopic (exact) mass is 351 g/mol. The predicted octanol–water partition coefficient (Wildman–Crippen LogP) is 2.17. The molecule has 0 fully saturated rings. The first-order valence-corrected chi connectivity index (χ1v) is 9.96. The molecular weight excluding hydrogens is 326 g/mol. The fraction of sp³-hybridized carbons (Fsp3) is 0.529. The molecule has 0 aliphatic carbocycles. The third-order valence-corrected chi connectivity index (χ3v) is 6.29. The quantitative estimate of drug-likeness (QED) is 0.799. The zero-order valence-electron chi connectivity index (χ0n) is 14.9. The average Bonchev–Trinajstić information content (AvgIpc) is 2.81. The van der Waals surface area contributed by atoms with E-state index < -0.39 is 9.84 Å². The van der Waals surface area contributed by atoms with Crippen molar-refractivity contribution in [1.82, 2.24) is 14.5 Å². The van der Waals surface area contributed by atoms with Crippen molar-refractivity contribution in [3.63, 3.8) is 0 Å². The lowest BCUT2D eigenvalue weighted by atomic mass is 10.1. The van der Waals surface area contributed by atoms with E-state index >= 15 is 0 Å². The van der Waals surface area contributed by atoms with Crippen LogP contribution in [0.5, 0.6) is 0 Å². The highest BCUT2D eigenvalue weighted by Crippen LogP contribution is 2.18. The fourth-order valence-electron chi connectivity index (χ4n) is 2.85. The van der Waals surface area contributed by atoms with E-state index in [0.717, 1.165) is 16.9 Å². The lowest BCUT2D eigenvalue weighted by Crippen LogP contribution is -2.42. The van der Waals surface area contributed by atoms with Crippen molar-refractivity contribution in [2.75, 3.05) is 18.1 Å². The van der Waals surface area contributed by atoms with E-state index in [0.29, 0.717) is 12.1 Å². The molecule has 7 heteroatoms. The summed E-state index contributed by atoms with van der Waals surface area (Å²) in [5.74, 6) is 0.780. The largest absolute Gasteiger partial charge is 0.335 e. The van der Waals surface area contributed by atoms with Gasteiger partial charge in [-0.1, -0.05) is 6.92 Å². The number of nitrogens with zero attached hydrogens (tertiary/aromatic N) is 3. The van der Waals surface area contributed by atoms with Gasteiger partial charge in [-0.05, 0) is 39.0 Å². The number of carbonyl (C=O) groups excluding carboxylic acids is 1. The Balaban J connectivity index is 2.31. The number of carbonyl (C=O) groups is 1. The molecule has 1 heterocycles. The maximum Gasteiger partial charge on any atom is 0.254 e. The molecule has 24 heavy (non-hydrogen) atoms. The van der Waals surface area contributed by atoms with E-state index in [-0.39, 0.29) is 23.5 Å². The molecule has 132 valence electrons. The zero-order chi connectivity index (χ0) is 18.1. The first-order chi connectivity index (χ1) is 11.2. The summed E-state index contributed by atoms with van der Waals surface area (Å²) >= 11 is 0. The Morgan fingerprint density at radius 2 is 2.00 bits per heavy atom. The van der Waals surface area contributed by atoms with Crippen LogP contribution in [-0.4, -0.2) is 52.9 Å². The summed E-state index contributed by atoms with van der Waals surface area (Å²) in [6.45, 7) is 7.63. The Labute approximate surface area is 143 Å². The van der Waals surface area contributed by atoms with Crippen LogP contribution >= 0.6 is 0 Å². The van der Waals surface area contributed by atoms with Gasteiger partial charge in [-0.25, -0.2) is 13.4 Å². The van der Waals surface area contributed by atoms with Gasteiger partial charge in [0.15, 0.2) is 9.84 Å². The highest BCUT2D eigenvalue weighted by atomic mass is 32.2. The maximum atomic E-state index is 12.8. The lowest BCUT2D eigenvalue weighted by Gasteiger charge is -2.28. The van der Waals surface area contributed by atoms with Gasteiger partial charge in [-0.3, -0.25) is 4.79 Å². The van der Waals surface area contributed by atoms with Crippen molar-refractivity contribution < 1.29 is 13.2 Å². The van der Waals surface area contributed by atoms with Crippen molar-refractivity contribution in [3.05, 3.63) is 29.6 Å². The van der Waals surface area contributed by atoms with Crippen LogP contribution in [0.3, 0.4) is 0 Å². The van der Waals surface area contributed by atoms with Gasteiger partial charge in [0, 0.05) is 31.0 Å². The summed E-state index contributed by atoms with van der Waals surface area (Å²) in [4.78, 5) is 18.9. The van der Waals surface area contributed by atoms with Crippen molar-refractivity contribution >= 4 is 26.8 Å². The number of fused-ring (bicyclic) bond motifs is 1. The standard InChI is InChI=1S/C17H25N3O3S/c1-6-20(12(3)11-24(22,23)7-2)17(21)14-8-9-16-15(10-14)18-13(4)19(16)5/h8-10,12H,6-7,11H2,1-5H3. The zero-order valence-corrected chi connectivity index (χ0v) is 15.7. The summed E-state index contributed by atoms with van der Waals surface area (Å²) in [5.41, 5.74) is 2.27. The van der Waals surface area contributed by atoms with Crippen molar-refractivity contribution in [2.24, 2.45) is 7.05 Å². The second-order valence-electron chi connectivity index (χ2n) is 6.06. The van der Waals surface area contributed by atoms with Crippen LogP contribution in [0, 0.1) is 6.92 Å². The Hall–Kier alpha value is -1.89. The number of aromatic nitrogens is 2. The molecule has 2 aromatic rings. The molecule has 0 spiro atoms. The number of sulfone groups is 1. The SMILES string of the molecule is CCN(C(=O)c1ccc2c(c1)nc(C)n2C)C(C)CS(=O)(=O)CC. The Morgan fingerprint density at radius 1 is 1.33 bits per heavy atom. The van der Waals surface area contributed by atoms with Crippen LogP contribution < -0.4 is 0 Å². The molecule has 0 aliphatic rings. The third-order valence-electron chi connectivity index (χ3n) is 4.42. The highest BCUT2D eigenvalue weighted by molar-refractivity contribution is 7.91. The van der Waals surface area contributed by atoms with Crippen LogP contribution in [0.1, 0.15) is 37.0 Å². The fourth-order valence-corrected chi connectivity index (χ4v) is 4.00. The van der Waals surface area contributed by atoms with Gasteiger partial charge in [0.25, 0.3) is 5.91 Å². The summed E-state index contributed by atoms with van der Waals surface area (Å²) in [5, 5.41) is 0. The third kappa shape index (κ3) is 3.61. The summed E-state index contributed by atoms with van der Waals surface area (Å²) < 4.78 is 25.7. The second-order valence-corrected chi connectivity index (χ2v) is 8.46. The van der Waals surface area contributed by atoms with Gasteiger partial charge in [0.2, 0.25) is 0 Å². The molecule has 1 unspecified atom stereocenters. The van der Waals surface area contributed by atoms with Crippen LogP contribution in [0.4, 0.5) is 0 Å². The molecule has 0 saturated heterocycles. The van der Waals surface area contributed by atoms with Crippen molar-refractivity contribution in [1.29, 1.82) is 0 Å². The predicted molar refractivity (Wildman–Crippen MR) is 96.0 cm³/mol. The highest BCUT2D eigenvalue weighted by Gasteiger charge is 2.24. The van der Waals surface area contributed by atoms with E-state index in [4.69, 9.17) is 0 Å². The number of rotatable bonds is 6. The molecular formula is C17H25N3O3S. The number of benzene rings is 1. The van der Waals surface area contributed by atoms with E-state index in [1.54, 1.807) is 30.9 Å². The molecule has 0 radical (unpaired) electrons. The van der Waals surface area contributed by atoms with Crippen LogP contribution in [0.2, 0.25) is 0 Å². The van der Waals surface area contributed by atoms with E-state index in [9.17, 15) is 13.2 Å². The Bertz CT molecular complexity index is 855. The molecule has 1 aromatic heterocycles. The Kier molecular flexibility index (Phi) is 5.32.